The van der Waals surface area contributed by atoms with Crippen molar-refractivity contribution in [1.29, 1.82) is 0 Å². The Hall–Kier alpha value is -1.02. The number of unbranched alkanes of at least 4 members (excludes halogenated alkanes) is 1. The fraction of sp³-hybridized carbons (Fsp3) is 0.647. The summed E-state index contributed by atoms with van der Waals surface area (Å²) in [4.78, 5) is 0. The van der Waals surface area contributed by atoms with E-state index in [-0.39, 0.29) is 0 Å². The van der Waals surface area contributed by atoms with Crippen LogP contribution in [0.4, 0.5) is 0 Å². The van der Waals surface area contributed by atoms with E-state index < -0.39 is 0 Å². The fourth-order valence-corrected chi connectivity index (χ4v) is 2.83. The van der Waals surface area contributed by atoms with E-state index in [1.807, 2.05) is 0 Å². The smallest absolute Gasteiger partial charge is 0.118 e. The molecule has 0 bridgehead atoms. The van der Waals surface area contributed by atoms with E-state index >= 15 is 0 Å². The highest BCUT2D eigenvalue weighted by molar-refractivity contribution is 5.29. The molecule has 0 aromatic heterocycles. The van der Waals surface area contributed by atoms with Gasteiger partial charge in [-0.3, -0.25) is 0 Å². The van der Waals surface area contributed by atoms with E-state index in [1.165, 1.54) is 44.1 Å². The van der Waals surface area contributed by atoms with Crippen molar-refractivity contribution in [1.82, 2.24) is 0 Å². The van der Waals surface area contributed by atoms with Crippen LogP contribution in [0.2, 0.25) is 0 Å². The van der Waals surface area contributed by atoms with Gasteiger partial charge in [-0.15, -0.1) is 0 Å². The standard InChI is InChI=1S/C17H26O2/c1-3-4-13-19-17-11-7-15(8-12-17)14-5-9-16(18-2)10-6-14/h5-6,9-10,15,17H,3-4,7-8,11-13H2,1-2H3. The van der Waals surface area contributed by atoms with E-state index in [1.54, 1.807) is 7.11 Å². The van der Waals surface area contributed by atoms with E-state index in [2.05, 4.69) is 31.2 Å². The van der Waals surface area contributed by atoms with Gasteiger partial charge in [-0.25, -0.2) is 0 Å². The van der Waals surface area contributed by atoms with Crippen LogP contribution in [-0.4, -0.2) is 19.8 Å². The molecule has 2 nitrogen and oxygen atoms in total. The number of rotatable bonds is 6. The predicted octanol–water partition coefficient (Wildman–Crippen LogP) is 4.54. The van der Waals surface area contributed by atoms with Gasteiger partial charge in [0, 0.05) is 6.61 Å². The molecule has 0 aliphatic heterocycles. The summed E-state index contributed by atoms with van der Waals surface area (Å²) in [6.45, 7) is 3.15. The lowest BCUT2D eigenvalue weighted by Gasteiger charge is -2.29. The third-order valence-electron chi connectivity index (χ3n) is 4.11. The highest BCUT2D eigenvalue weighted by atomic mass is 16.5. The highest BCUT2D eigenvalue weighted by Crippen LogP contribution is 2.34. The average molecular weight is 262 g/mol. The van der Waals surface area contributed by atoms with Gasteiger partial charge in [0.1, 0.15) is 5.75 Å². The quantitative estimate of drug-likeness (QED) is 0.701. The van der Waals surface area contributed by atoms with E-state index in [9.17, 15) is 0 Å². The molecule has 1 aromatic rings. The van der Waals surface area contributed by atoms with Gasteiger partial charge in [0.15, 0.2) is 0 Å². The lowest BCUT2D eigenvalue weighted by atomic mass is 9.83. The molecule has 0 unspecified atom stereocenters. The lowest BCUT2D eigenvalue weighted by Crippen LogP contribution is -2.21. The van der Waals surface area contributed by atoms with Crippen LogP contribution in [-0.2, 0) is 4.74 Å². The Bertz CT molecular complexity index is 350. The number of hydrogen-bond acceptors (Lipinski definition) is 2. The van der Waals surface area contributed by atoms with Crippen LogP contribution in [0, 0.1) is 0 Å². The van der Waals surface area contributed by atoms with Gasteiger partial charge in [-0.2, -0.15) is 0 Å². The summed E-state index contributed by atoms with van der Waals surface area (Å²) in [5.74, 6) is 1.65. The Balaban J connectivity index is 1.78. The summed E-state index contributed by atoms with van der Waals surface area (Å²) >= 11 is 0. The molecule has 106 valence electrons. The first-order chi connectivity index (χ1) is 9.33. The monoisotopic (exact) mass is 262 g/mol. The molecule has 1 fully saturated rings. The first-order valence-electron chi connectivity index (χ1n) is 7.59. The zero-order valence-electron chi connectivity index (χ0n) is 12.2. The SMILES string of the molecule is CCCCOC1CCC(c2ccc(OC)cc2)CC1. The van der Waals surface area contributed by atoms with Crippen molar-refractivity contribution >= 4 is 0 Å². The summed E-state index contributed by atoms with van der Waals surface area (Å²) in [5.41, 5.74) is 1.45. The summed E-state index contributed by atoms with van der Waals surface area (Å²) in [5, 5.41) is 0. The van der Waals surface area contributed by atoms with Gasteiger partial charge in [0.2, 0.25) is 0 Å². The second kappa shape index (κ2) is 7.54. The number of ether oxygens (including phenoxy) is 2. The van der Waals surface area contributed by atoms with Gasteiger partial charge >= 0.3 is 0 Å². The topological polar surface area (TPSA) is 18.5 Å². The predicted molar refractivity (Wildman–Crippen MR) is 78.9 cm³/mol. The number of methoxy groups -OCH3 is 1. The minimum absolute atomic E-state index is 0.501. The molecular weight excluding hydrogens is 236 g/mol. The molecule has 2 heteroatoms. The molecule has 0 atom stereocenters. The maximum absolute atomic E-state index is 5.92. The minimum atomic E-state index is 0.501. The molecule has 1 aliphatic rings. The molecule has 0 spiro atoms. The molecule has 1 saturated carbocycles. The summed E-state index contributed by atoms with van der Waals surface area (Å²) in [6, 6.07) is 8.56. The van der Waals surface area contributed by atoms with Crippen molar-refractivity contribution in [3.63, 3.8) is 0 Å². The molecule has 0 heterocycles. The summed E-state index contributed by atoms with van der Waals surface area (Å²) in [6.07, 6.45) is 7.84. The third-order valence-corrected chi connectivity index (χ3v) is 4.11. The van der Waals surface area contributed by atoms with Crippen molar-refractivity contribution in [2.24, 2.45) is 0 Å². The zero-order valence-corrected chi connectivity index (χ0v) is 12.2. The van der Waals surface area contributed by atoms with E-state index in [0.29, 0.717) is 12.0 Å². The Labute approximate surface area is 117 Å². The van der Waals surface area contributed by atoms with Gasteiger partial charge < -0.3 is 9.47 Å². The number of hydrogen-bond donors (Lipinski definition) is 0. The molecular formula is C17H26O2. The molecule has 1 aromatic carbocycles. The molecule has 0 radical (unpaired) electrons. The molecule has 0 saturated heterocycles. The Kier molecular flexibility index (Phi) is 5.71. The largest absolute Gasteiger partial charge is 0.497 e. The summed E-state index contributed by atoms with van der Waals surface area (Å²) in [7, 11) is 1.72. The van der Waals surface area contributed by atoms with Crippen LogP contribution < -0.4 is 4.74 Å². The Morgan fingerprint density at radius 3 is 2.32 bits per heavy atom. The van der Waals surface area contributed by atoms with Crippen LogP contribution in [0.25, 0.3) is 0 Å². The Morgan fingerprint density at radius 1 is 1.05 bits per heavy atom. The van der Waals surface area contributed by atoms with Crippen molar-refractivity contribution in [3.8, 4) is 5.75 Å². The molecule has 0 amide bonds. The molecule has 2 rings (SSSR count). The van der Waals surface area contributed by atoms with Gasteiger partial charge in [0.05, 0.1) is 13.2 Å². The maximum Gasteiger partial charge on any atom is 0.118 e. The second-order valence-electron chi connectivity index (χ2n) is 5.47. The first kappa shape index (κ1) is 14.4. The summed E-state index contributed by atoms with van der Waals surface area (Å²) < 4.78 is 11.1. The van der Waals surface area contributed by atoms with Crippen molar-refractivity contribution in [2.75, 3.05) is 13.7 Å². The molecule has 0 N–H and O–H groups in total. The number of benzene rings is 1. The second-order valence-corrected chi connectivity index (χ2v) is 5.47. The fourth-order valence-electron chi connectivity index (χ4n) is 2.83. The zero-order chi connectivity index (χ0) is 13.5. The maximum atomic E-state index is 5.92. The molecule has 1 aliphatic carbocycles. The normalized spacial score (nSPS) is 23.3. The molecule has 19 heavy (non-hydrogen) atoms. The van der Waals surface area contributed by atoms with Crippen LogP contribution in [0.5, 0.6) is 5.75 Å². The Morgan fingerprint density at radius 2 is 1.74 bits per heavy atom. The van der Waals surface area contributed by atoms with Crippen molar-refractivity contribution in [3.05, 3.63) is 29.8 Å². The van der Waals surface area contributed by atoms with Crippen LogP contribution >= 0.6 is 0 Å². The van der Waals surface area contributed by atoms with Crippen molar-refractivity contribution < 1.29 is 9.47 Å². The highest BCUT2D eigenvalue weighted by Gasteiger charge is 2.22. The van der Waals surface area contributed by atoms with Crippen LogP contribution in [0.1, 0.15) is 56.9 Å². The van der Waals surface area contributed by atoms with Gasteiger partial charge in [-0.05, 0) is 55.7 Å². The van der Waals surface area contributed by atoms with E-state index in [0.717, 1.165) is 12.4 Å². The van der Waals surface area contributed by atoms with Crippen LogP contribution in [0.15, 0.2) is 24.3 Å². The van der Waals surface area contributed by atoms with Crippen molar-refractivity contribution in [2.45, 2.75) is 57.5 Å². The van der Waals surface area contributed by atoms with E-state index in [4.69, 9.17) is 9.47 Å². The van der Waals surface area contributed by atoms with Crippen LogP contribution in [0.3, 0.4) is 0 Å². The lowest BCUT2D eigenvalue weighted by molar-refractivity contribution is 0.0232. The minimum Gasteiger partial charge on any atom is -0.497 e. The first-order valence-corrected chi connectivity index (χ1v) is 7.59. The average Bonchev–Trinajstić information content (AvgIpc) is 2.48. The van der Waals surface area contributed by atoms with Gasteiger partial charge in [-0.1, -0.05) is 25.5 Å². The van der Waals surface area contributed by atoms with Gasteiger partial charge in [0.25, 0.3) is 0 Å². The third kappa shape index (κ3) is 4.24.